The first-order valence-corrected chi connectivity index (χ1v) is 13.7. The number of benzene rings is 2. The van der Waals surface area contributed by atoms with Crippen LogP contribution in [-0.4, -0.2) is 73.4 Å². The Morgan fingerprint density at radius 3 is 2.68 bits per heavy atom. The standard InChI is InChI=1S/C30H36N2O5S/c1-3-15-31(18-24(33)21-36-20-23-7-5-4-6-8-23)19-30(34)32-16-13-29-27(14-17-38-29)28(32)22-37-26-11-9-25(35-2)10-12-26/h3-12,14,17,24,28,33H,1,13,15-16,18-22H2,2H3. The molecule has 202 valence electrons. The molecule has 2 heterocycles. The van der Waals surface area contributed by atoms with E-state index in [9.17, 15) is 9.90 Å². The molecule has 0 bridgehead atoms. The van der Waals surface area contributed by atoms with Gasteiger partial charge in [-0.1, -0.05) is 36.4 Å². The molecule has 0 radical (unpaired) electrons. The highest BCUT2D eigenvalue weighted by molar-refractivity contribution is 7.10. The van der Waals surface area contributed by atoms with Crippen LogP contribution in [0.25, 0.3) is 0 Å². The zero-order chi connectivity index (χ0) is 26.7. The summed E-state index contributed by atoms with van der Waals surface area (Å²) in [6.45, 7) is 6.44. The highest BCUT2D eigenvalue weighted by Gasteiger charge is 2.33. The van der Waals surface area contributed by atoms with Crippen molar-refractivity contribution in [1.29, 1.82) is 0 Å². The second-order valence-corrected chi connectivity index (χ2v) is 10.3. The number of amides is 1. The average molecular weight is 537 g/mol. The summed E-state index contributed by atoms with van der Waals surface area (Å²) in [5.74, 6) is 1.50. The third-order valence-electron chi connectivity index (χ3n) is 6.52. The molecular weight excluding hydrogens is 500 g/mol. The quantitative estimate of drug-likeness (QED) is 0.310. The molecule has 8 heteroatoms. The number of hydrogen-bond donors (Lipinski definition) is 1. The molecule has 0 fully saturated rings. The maximum absolute atomic E-state index is 13.6. The van der Waals surface area contributed by atoms with Gasteiger partial charge >= 0.3 is 0 Å². The fraction of sp³-hybridized carbons (Fsp3) is 0.367. The average Bonchev–Trinajstić information content (AvgIpc) is 3.42. The number of rotatable bonds is 14. The summed E-state index contributed by atoms with van der Waals surface area (Å²) in [5, 5.41) is 12.7. The molecule has 1 N–H and O–H groups in total. The van der Waals surface area contributed by atoms with Crippen molar-refractivity contribution in [3.05, 3.63) is 94.7 Å². The molecule has 1 amide bonds. The topological polar surface area (TPSA) is 71.5 Å². The van der Waals surface area contributed by atoms with Crippen molar-refractivity contribution in [2.24, 2.45) is 0 Å². The van der Waals surface area contributed by atoms with Gasteiger partial charge in [0, 0.05) is 24.5 Å². The number of thiophene rings is 1. The van der Waals surface area contributed by atoms with Gasteiger partial charge in [-0.2, -0.15) is 0 Å². The minimum Gasteiger partial charge on any atom is -0.497 e. The second-order valence-electron chi connectivity index (χ2n) is 9.28. The molecule has 1 aromatic heterocycles. The van der Waals surface area contributed by atoms with Gasteiger partial charge in [0.25, 0.3) is 0 Å². The lowest BCUT2D eigenvalue weighted by molar-refractivity contribution is -0.136. The molecule has 1 aliphatic heterocycles. The van der Waals surface area contributed by atoms with E-state index in [0.717, 1.165) is 29.0 Å². The predicted octanol–water partition coefficient (Wildman–Crippen LogP) is 4.33. The third kappa shape index (κ3) is 7.68. The lowest BCUT2D eigenvalue weighted by Gasteiger charge is -2.37. The van der Waals surface area contributed by atoms with Gasteiger partial charge < -0.3 is 24.2 Å². The predicted molar refractivity (Wildman–Crippen MR) is 150 cm³/mol. The molecule has 0 saturated carbocycles. The highest BCUT2D eigenvalue weighted by Crippen LogP contribution is 2.34. The Morgan fingerprint density at radius 1 is 1.18 bits per heavy atom. The Bertz CT molecular complexity index is 1150. The van der Waals surface area contributed by atoms with Crippen LogP contribution in [0.1, 0.15) is 22.0 Å². The number of methoxy groups -OCH3 is 1. The molecule has 3 aromatic rings. The van der Waals surface area contributed by atoms with Crippen LogP contribution in [0.4, 0.5) is 0 Å². The van der Waals surface area contributed by atoms with Gasteiger partial charge in [-0.3, -0.25) is 9.69 Å². The number of carbonyl (C=O) groups excluding carboxylic acids is 1. The zero-order valence-corrected chi connectivity index (χ0v) is 22.6. The number of aliphatic hydroxyl groups is 1. The fourth-order valence-electron chi connectivity index (χ4n) is 4.63. The van der Waals surface area contributed by atoms with E-state index in [-0.39, 0.29) is 25.1 Å². The molecule has 2 unspecified atom stereocenters. The van der Waals surface area contributed by atoms with Gasteiger partial charge in [0.1, 0.15) is 18.1 Å². The second kappa shape index (κ2) is 14.1. The van der Waals surface area contributed by atoms with Crippen LogP contribution in [0.2, 0.25) is 0 Å². The molecule has 38 heavy (non-hydrogen) atoms. The number of hydrogen-bond acceptors (Lipinski definition) is 7. The Kier molecular flexibility index (Phi) is 10.3. The van der Waals surface area contributed by atoms with Crippen molar-refractivity contribution in [3.8, 4) is 11.5 Å². The number of aliphatic hydroxyl groups excluding tert-OH is 1. The first kappa shape index (κ1) is 27.9. The Morgan fingerprint density at radius 2 is 1.95 bits per heavy atom. The van der Waals surface area contributed by atoms with Gasteiger partial charge in [0.15, 0.2) is 0 Å². The molecule has 2 aromatic carbocycles. The van der Waals surface area contributed by atoms with Crippen molar-refractivity contribution in [2.75, 3.05) is 46.5 Å². The van der Waals surface area contributed by atoms with Crippen LogP contribution in [0.15, 0.2) is 78.7 Å². The van der Waals surface area contributed by atoms with E-state index in [1.807, 2.05) is 64.4 Å². The minimum absolute atomic E-state index is 0.00411. The Hall–Kier alpha value is -3.17. The first-order valence-electron chi connectivity index (χ1n) is 12.8. The van der Waals surface area contributed by atoms with Gasteiger partial charge in [-0.15, -0.1) is 17.9 Å². The molecule has 4 rings (SSSR count). The van der Waals surface area contributed by atoms with E-state index in [2.05, 4.69) is 18.0 Å². The van der Waals surface area contributed by atoms with Crippen molar-refractivity contribution in [1.82, 2.24) is 9.80 Å². The minimum atomic E-state index is -0.717. The smallest absolute Gasteiger partial charge is 0.237 e. The summed E-state index contributed by atoms with van der Waals surface area (Å²) in [7, 11) is 1.63. The van der Waals surface area contributed by atoms with E-state index >= 15 is 0 Å². The zero-order valence-electron chi connectivity index (χ0n) is 21.8. The largest absolute Gasteiger partial charge is 0.497 e. The highest BCUT2D eigenvalue weighted by atomic mass is 32.1. The molecule has 0 aliphatic carbocycles. The SMILES string of the molecule is C=CCN(CC(=O)N1CCc2sccc2C1COc1ccc(OC)cc1)CC(O)COCc1ccccc1. The van der Waals surface area contributed by atoms with Crippen LogP contribution in [0.5, 0.6) is 11.5 Å². The summed E-state index contributed by atoms with van der Waals surface area (Å²) >= 11 is 1.73. The third-order valence-corrected chi connectivity index (χ3v) is 7.52. The van der Waals surface area contributed by atoms with Crippen LogP contribution in [-0.2, 0) is 22.6 Å². The van der Waals surface area contributed by atoms with Gasteiger partial charge in [-0.25, -0.2) is 0 Å². The first-order chi connectivity index (χ1) is 18.6. The Labute approximate surface area is 228 Å². The maximum Gasteiger partial charge on any atom is 0.237 e. The fourth-order valence-corrected chi connectivity index (χ4v) is 5.56. The normalized spacial score (nSPS) is 15.7. The van der Waals surface area contributed by atoms with Crippen LogP contribution >= 0.6 is 11.3 Å². The van der Waals surface area contributed by atoms with Crippen LogP contribution in [0.3, 0.4) is 0 Å². The van der Waals surface area contributed by atoms with Crippen LogP contribution in [0, 0.1) is 0 Å². The summed E-state index contributed by atoms with van der Waals surface area (Å²) in [5.41, 5.74) is 2.20. The summed E-state index contributed by atoms with van der Waals surface area (Å²) in [6.07, 6.45) is 1.86. The van der Waals surface area contributed by atoms with Crippen molar-refractivity contribution in [2.45, 2.75) is 25.2 Å². The number of fused-ring (bicyclic) bond motifs is 1. The van der Waals surface area contributed by atoms with Crippen molar-refractivity contribution in [3.63, 3.8) is 0 Å². The van der Waals surface area contributed by atoms with Gasteiger partial charge in [0.2, 0.25) is 5.91 Å². The number of ether oxygens (including phenoxy) is 3. The van der Waals surface area contributed by atoms with E-state index in [1.54, 1.807) is 24.5 Å². The molecule has 0 saturated heterocycles. The Balaban J connectivity index is 1.35. The van der Waals surface area contributed by atoms with Crippen molar-refractivity contribution < 1.29 is 24.1 Å². The molecule has 0 spiro atoms. The van der Waals surface area contributed by atoms with E-state index < -0.39 is 6.10 Å². The van der Waals surface area contributed by atoms with Gasteiger partial charge in [-0.05, 0) is 53.3 Å². The van der Waals surface area contributed by atoms with E-state index in [0.29, 0.717) is 32.8 Å². The number of nitrogens with zero attached hydrogens (tertiary/aromatic N) is 2. The summed E-state index contributed by atoms with van der Waals surface area (Å²) < 4.78 is 17.0. The lowest BCUT2D eigenvalue weighted by atomic mass is 10.0. The van der Waals surface area contributed by atoms with E-state index in [1.165, 1.54) is 4.88 Å². The number of carbonyl (C=O) groups is 1. The summed E-state index contributed by atoms with van der Waals surface area (Å²) in [6, 6.07) is 19.2. The van der Waals surface area contributed by atoms with Crippen molar-refractivity contribution >= 4 is 17.2 Å². The van der Waals surface area contributed by atoms with Crippen LogP contribution < -0.4 is 9.47 Å². The monoisotopic (exact) mass is 536 g/mol. The van der Waals surface area contributed by atoms with E-state index in [4.69, 9.17) is 14.2 Å². The molecular formula is C30H36N2O5S. The lowest BCUT2D eigenvalue weighted by Crippen LogP contribution is -2.48. The van der Waals surface area contributed by atoms with Gasteiger partial charge in [0.05, 0.1) is 39.0 Å². The molecule has 2 atom stereocenters. The molecule has 1 aliphatic rings. The maximum atomic E-state index is 13.6. The summed E-state index contributed by atoms with van der Waals surface area (Å²) in [4.78, 5) is 18.7. The molecule has 7 nitrogen and oxygen atoms in total.